The maximum absolute atomic E-state index is 12.6. The SMILES string of the molecule is CCOCC1CCCN(S(=O)(=O)c2cnc(Cl)c(Cl)c2)C1. The van der Waals surface area contributed by atoms with Gasteiger partial charge in [-0.1, -0.05) is 23.2 Å². The van der Waals surface area contributed by atoms with E-state index in [-0.39, 0.29) is 21.0 Å². The quantitative estimate of drug-likeness (QED) is 0.764. The van der Waals surface area contributed by atoms with Crippen molar-refractivity contribution >= 4 is 33.2 Å². The number of hydrogen-bond acceptors (Lipinski definition) is 4. The van der Waals surface area contributed by atoms with Crippen LogP contribution in [-0.4, -0.2) is 44.0 Å². The van der Waals surface area contributed by atoms with E-state index in [2.05, 4.69) is 4.98 Å². The summed E-state index contributed by atoms with van der Waals surface area (Å²) in [5.41, 5.74) is 0. The Bertz CT molecular complexity index is 595. The summed E-state index contributed by atoms with van der Waals surface area (Å²) in [6, 6.07) is 1.35. The van der Waals surface area contributed by atoms with E-state index in [1.54, 1.807) is 0 Å². The molecule has 8 heteroatoms. The molecule has 0 aromatic carbocycles. The number of piperidine rings is 1. The van der Waals surface area contributed by atoms with Crippen LogP contribution in [0.5, 0.6) is 0 Å². The summed E-state index contributed by atoms with van der Waals surface area (Å²) in [7, 11) is -3.59. The Hall–Kier alpha value is -0.400. The first-order chi connectivity index (χ1) is 9.95. The van der Waals surface area contributed by atoms with Crippen molar-refractivity contribution < 1.29 is 13.2 Å². The number of nitrogens with zero attached hydrogens (tertiary/aromatic N) is 2. The Morgan fingerprint density at radius 3 is 2.90 bits per heavy atom. The van der Waals surface area contributed by atoms with Gasteiger partial charge in [-0.15, -0.1) is 0 Å². The summed E-state index contributed by atoms with van der Waals surface area (Å²) in [6.45, 7) is 4.12. The zero-order valence-corrected chi connectivity index (χ0v) is 14.1. The monoisotopic (exact) mass is 352 g/mol. The van der Waals surface area contributed by atoms with Gasteiger partial charge in [0.05, 0.1) is 11.6 Å². The van der Waals surface area contributed by atoms with Crippen molar-refractivity contribution in [1.82, 2.24) is 9.29 Å². The second kappa shape index (κ2) is 7.24. The van der Waals surface area contributed by atoms with Crippen LogP contribution in [0.25, 0.3) is 0 Å². The molecule has 1 unspecified atom stereocenters. The Kier molecular flexibility index (Phi) is 5.85. The van der Waals surface area contributed by atoms with Crippen molar-refractivity contribution in [3.05, 3.63) is 22.4 Å². The van der Waals surface area contributed by atoms with Crippen LogP contribution in [0, 0.1) is 5.92 Å². The van der Waals surface area contributed by atoms with Crippen molar-refractivity contribution in [2.24, 2.45) is 5.92 Å². The minimum atomic E-state index is -3.59. The molecular formula is C13H18Cl2N2O3S. The maximum atomic E-state index is 12.6. The molecule has 2 heterocycles. The molecule has 0 spiro atoms. The topological polar surface area (TPSA) is 59.5 Å². The minimum Gasteiger partial charge on any atom is -0.381 e. The number of aromatic nitrogens is 1. The van der Waals surface area contributed by atoms with Crippen LogP contribution in [0.3, 0.4) is 0 Å². The van der Waals surface area contributed by atoms with E-state index in [0.29, 0.717) is 26.3 Å². The lowest BCUT2D eigenvalue weighted by Crippen LogP contribution is -2.41. The average molecular weight is 353 g/mol. The molecule has 0 saturated carbocycles. The number of rotatable bonds is 5. The summed E-state index contributed by atoms with van der Waals surface area (Å²) in [5.74, 6) is 0.226. The summed E-state index contributed by atoms with van der Waals surface area (Å²) in [4.78, 5) is 3.89. The normalized spacial score (nSPS) is 20.6. The van der Waals surface area contributed by atoms with Crippen molar-refractivity contribution in [1.29, 1.82) is 0 Å². The van der Waals surface area contributed by atoms with Gasteiger partial charge in [0.2, 0.25) is 10.0 Å². The molecule has 1 fully saturated rings. The molecule has 5 nitrogen and oxygen atoms in total. The Balaban J connectivity index is 2.16. The number of hydrogen-bond donors (Lipinski definition) is 0. The fourth-order valence-electron chi connectivity index (χ4n) is 2.36. The second-order valence-electron chi connectivity index (χ2n) is 4.97. The number of halogens is 2. The summed E-state index contributed by atoms with van der Waals surface area (Å²) < 4.78 is 32.1. The fraction of sp³-hybridized carbons (Fsp3) is 0.615. The van der Waals surface area contributed by atoms with E-state index in [4.69, 9.17) is 27.9 Å². The Labute approximate surface area is 135 Å². The highest BCUT2D eigenvalue weighted by atomic mass is 35.5. The smallest absolute Gasteiger partial charge is 0.244 e. The molecule has 1 saturated heterocycles. The van der Waals surface area contributed by atoms with Gasteiger partial charge in [-0.05, 0) is 31.7 Å². The minimum absolute atomic E-state index is 0.0777. The van der Waals surface area contributed by atoms with Crippen LogP contribution in [0.2, 0.25) is 10.2 Å². The van der Waals surface area contributed by atoms with E-state index >= 15 is 0 Å². The maximum Gasteiger partial charge on any atom is 0.244 e. The second-order valence-corrected chi connectivity index (χ2v) is 7.68. The number of ether oxygens (including phenoxy) is 1. The van der Waals surface area contributed by atoms with Gasteiger partial charge in [0, 0.05) is 25.9 Å². The first-order valence-electron chi connectivity index (χ1n) is 6.84. The molecule has 0 amide bonds. The summed E-state index contributed by atoms with van der Waals surface area (Å²) in [6.07, 6.45) is 3.05. The molecule has 1 aromatic heterocycles. The van der Waals surface area contributed by atoms with E-state index in [1.165, 1.54) is 16.6 Å². The van der Waals surface area contributed by atoms with Crippen molar-refractivity contribution in [2.45, 2.75) is 24.7 Å². The van der Waals surface area contributed by atoms with Crippen LogP contribution >= 0.6 is 23.2 Å². The molecule has 1 aromatic rings. The van der Waals surface area contributed by atoms with E-state index in [9.17, 15) is 8.42 Å². The molecule has 0 bridgehead atoms. The van der Waals surface area contributed by atoms with Gasteiger partial charge in [-0.3, -0.25) is 0 Å². The van der Waals surface area contributed by atoms with E-state index in [1.807, 2.05) is 6.92 Å². The third-order valence-corrected chi connectivity index (χ3v) is 5.96. The molecule has 1 aliphatic heterocycles. The fourth-order valence-corrected chi connectivity index (χ4v) is 4.22. The van der Waals surface area contributed by atoms with Gasteiger partial charge in [0.25, 0.3) is 0 Å². The molecule has 1 atom stereocenters. The first kappa shape index (κ1) is 17.0. The average Bonchev–Trinajstić information content (AvgIpc) is 2.48. The molecule has 0 aliphatic carbocycles. The third-order valence-electron chi connectivity index (χ3n) is 3.45. The molecular weight excluding hydrogens is 335 g/mol. The molecule has 118 valence electrons. The van der Waals surface area contributed by atoms with Crippen molar-refractivity contribution in [3.63, 3.8) is 0 Å². The van der Waals surface area contributed by atoms with Crippen LogP contribution < -0.4 is 0 Å². The standard InChI is InChI=1S/C13H18Cl2N2O3S/c1-2-20-9-10-4-3-5-17(8-10)21(18,19)11-6-12(14)13(15)16-7-11/h6-7,10H,2-5,8-9H2,1H3. The largest absolute Gasteiger partial charge is 0.381 e. The van der Waals surface area contributed by atoms with Crippen molar-refractivity contribution in [2.75, 3.05) is 26.3 Å². The molecule has 2 rings (SSSR count). The number of sulfonamides is 1. The van der Waals surface area contributed by atoms with Crippen LogP contribution in [0.4, 0.5) is 0 Å². The highest BCUT2D eigenvalue weighted by Gasteiger charge is 2.30. The highest BCUT2D eigenvalue weighted by molar-refractivity contribution is 7.89. The van der Waals surface area contributed by atoms with Gasteiger partial charge in [0.15, 0.2) is 0 Å². The molecule has 0 N–H and O–H groups in total. The molecule has 21 heavy (non-hydrogen) atoms. The molecule has 1 aliphatic rings. The molecule has 0 radical (unpaired) electrons. The zero-order valence-electron chi connectivity index (χ0n) is 11.8. The van der Waals surface area contributed by atoms with Gasteiger partial charge >= 0.3 is 0 Å². The number of pyridine rings is 1. The first-order valence-corrected chi connectivity index (χ1v) is 9.03. The lowest BCUT2D eigenvalue weighted by Gasteiger charge is -2.31. The predicted octanol–water partition coefficient (Wildman–Crippen LogP) is 2.83. The van der Waals surface area contributed by atoms with Crippen LogP contribution in [-0.2, 0) is 14.8 Å². The van der Waals surface area contributed by atoms with E-state index < -0.39 is 10.0 Å². The van der Waals surface area contributed by atoms with Gasteiger partial charge < -0.3 is 4.74 Å². The highest BCUT2D eigenvalue weighted by Crippen LogP contribution is 2.27. The lowest BCUT2D eigenvalue weighted by atomic mass is 10.0. The Morgan fingerprint density at radius 2 is 2.24 bits per heavy atom. The predicted molar refractivity (Wildman–Crippen MR) is 82.2 cm³/mol. The lowest BCUT2D eigenvalue weighted by molar-refractivity contribution is 0.0864. The van der Waals surface area contributed by atoms with Gasteiger partial charge in [0.1, 0.15) is 10.0 Å². The zero-order chi connectivity index (χ0) is 15.5. The summed E-state index contributed by atoms with van der Waals surface area (Å²) >= 11 is 11.6. The van der Waals surface area contributed by atoms with Crippen molar-refractivity contribution in [3.8, 4) is 0 Å². The van der Waals surface area contributed by atoms with Crippen LogP contribution in [0.1, 0.15) is 19.8 Å². The van der Waals surface area contributed by atoms with Gasteiger partial charge in [-0.2, -0.15) is 4.31 Å². The van der Waals surface area contributed by atoms with Gasteiger partial charge in [-0.25, -0.2) is 13.4 Å². The van der Waals surface area contributed by atoms with E-state index in [0.717, 1.165) is 12.8 Å². The van der Waals surface area contributed by atoms with Crippen LogP contribution in [0.15, 0.2) is 17.2 Å². The Morgan fingerprint density at radius 1 is 1.48 bits per heavy atom. The summed E-state index contributed by atoms with van der Waals surface area (Å²) in [5, 5.41) is 0.240. The third kappa shape index (κ3) is 4.07.